The van der Waals surface area contributed by atoms with Crippen molar-refractivity contribution in [1.82, 2.24) is 4.90 Å². The highest BCUT2D eigenvalue weighted by molar-refractivity contribution is 7.80. The first-order valence-electron chi connectivity index (χ1n) is 11.0. The zero-order valence-electron chi connectivity index (χ0n) is 19.6. The van der Waals surface area contributed by atoms with Crippen LogP contribution in [0.2, 0.25) is 10.0 Å². The van der Waals surface area contributed by atoms with E-state index in [1.54, 1.807) is 33.5 Å². The molecule has 1 unspecified atom stereocenters. The average molecular weight is 533 g/mol. The van der Waals surface area contributed by atoms with Gasteiger partial charge in [-0.05, 0) is 84.4 Å². The first-order valence-corrected chi connectivity index (χ1v) is 12.1. The van der Waals surface area contributed by atoms with Gasteiger partial charge in [-0.15, -0.1) is 0 Å². The lowest BCUT2D eigenvalue weighted by molar-refractivity contribution is 0.190. The highest BCUT2D eigenvalue weighted by Gasteiger charge is 2.31. The number of hydrogen-bond acceptors (Lipinski definition) is 5. The molecule has 3 aromatic carbocycles. The van der Waals surface area contributed by atoms with Gasteiger partial charge in [0.25, 0.3) is 0 Å². The molecule has 0 spiro atoms. The van der Waals surface area contributed by atoms with Crippen LogP contribution in [-0.4, -0.2) is 44.5 Å². The molecule has 35 heavy (non-hydrogen) atoms. The van der Waals surface area contributed by atoms with Crippen LogP contribution in [0.5, 0.6) is 23.0 Å². The summed E-state index contributed by atoms with van der Waals surface area (Å²) in [6.07, 6.45) is 0.790. The normalized spacial score (nSPS) is 14.7. The summed E-state index contributed by atoms with van der Waals surface area (Å²) in [5.74, 6) is 2.87. The molecule has 0 aliphatic carbocycles. The summed E-state index contributed by atoms with van der Waals surface area (Å²) in [5.41, 5.74) is 3.00. The summed E-state index contributed by atoms with van der Waals surface area (Å²) < 4.78 is 22.5. The van der Waals surface area contributed by atoms with Crippen LogP contribution >= 0.6 is 35.4 Å². The Morgan fingerprint density at radius 3 is 2.26 bits per heavy atom. The molecule has 4 rings (SSSR count). The highest BCUT2D eigenvalue weighted by Crippen LogP contribution is 2.39. The van der Waals surface area contributed by atoms with E-state index in [1.807, 2.05) is 42.5 Å². The molecule has 0 saturated carbocycles. The van der Waals surface area contributed by atoms with Crippen LogP contribution < -0.4 is 24.3 Å². The topological polar surface area (TPSA) is 52.2 Å². The highest BCUT2D eigenvalue weighted by atomic mass is 35.5. The van der Waals surface area contributed by atoms with E-state index in [4.69, 9.17) is 54.4 Å². The molecule has 0 radical (unpaired) electrons. The molecular formula is C26H26Cl2N2O4S. The molecule has 3 aromatic rings. The van der Waals surface area contributed by atoms with Gasteiger partial charge in [-0.25, -0.2) is 0 Å². The number of anilines is 1. The zero-order valence-corrected chi connectivity index (χ0v) is 22.0. The van der Waals surface area contributed by atoms with Gasteiger partial charge in [0.05, 0.1) is 37.4 Å². The lowest BCUT2D eigenvalue weighted by atomic mass is 9.92. The first kappa shape index (κ1) is 25.2. The minimum Gasteiger partial charge on any atom is -0.497 e. The predicted octanol–water partition coefficient (Wildman–Crippen LogP) is 6.39. The Bertz CT molecular complexity index is 1210. The Morgan fingerprint density at radius 1 is 0.914 bits per heavy atom. The molecule has 184 valence electrons. The fraction of sp³-hybridized carbons (Fsp3) is 0.269. The third kappa shape index (κ3) is 5.69. The average Bonchev–Trinajstić information content (AvgIpc) is 2.88. The third-order valence-corrected chi connectivity index (χ3v) is 6.98. The number of ether oxygens (including phenoxy) is 4. The van der Waals surface area contributed by atoms with Crippen LogP contribution in [0.4, 0.5) is 5.69 Å². The maximum absolute atomic E-state index is 6.20. The molecule has 0 fully saturated rings. The van der Waals surface area contributed by atoms with Crippen LogP contribution in [0.15, 0.2) is 54.6 Å². The van der Waals surface area contributed by atoms with Gasteiger partial charge < -0.3 is 29.2 Å². The Kier molecular flexibility index (Phi) is 8.11. The van der Waals surface area contributed by atoms with Gasteiger partial charge >= 0.3 is 0 Å². The minimum atomic E-state index is -0.163. The number of benzene rings is 3. The molecule has 1 aliphatic rings. The fourth-order valence-corrected chi connectivity index (χ4v) is 4.70. The zero-order chi connectivity index (χ0) is 24.9. The van der Waals surface area contributed by atoms with Crippen LogP contribution in [0, 0.1) is 0 Å². The predicted molar refractivity (Wildman–Crippen MR) is 144 cm³/mol. The molecule has 1 N–H and O–H groups in total. The summed E-state index contributed by atoms with van der Waals surface area (Å²) in [5, 5.41) is 4.80. The minimum absolute atomic E-state index is 0.163. The summed E-state index contributed by atoms with van der Waals surface area (Å²) >= 11 is 18.1. The molecule has 0 bridgehead atoms. The van der Waals surface area contributed by atoms with Crippen LogP contribution in [0.3, 0.4) is 0 Å². The van der Waals surface area contributed by atoms with Crippen molar-refractivity contribution >= 4 is 46.2 Å². The summed E-state index contributed by atoms with van der Waals surface area (Å²) in [6, 6.07) is 16.7. The van der Waals surface area contributed by atoms with Gasteiger partial charge in [-0.3, -0.25) is 0 Å². The van der Waals surface area contributed by atoms with E-state index in [2.05, 4.69) is 10.2 Å². The standard InChI is InChI=1S/C26H26Cl2N2O4S/c1-31-18-5-7-19(8-6-18)34-15-23-20-14-25(33-3)24(32-2)12-16(20)10-11-30(23)26(35)29-17-4-9-21(27)22(28)13-17/h4-9,12-14,23H,10-11,15H2,1-3H3,(H,29,35). The molecule has 0 saturated heterocycles. The van der Waals surface area contributed by atoms with Crippen molar-refractivity contribution in [2.75, 3.05) is 39.8 Å². The summed E-state index contributed by atoms with van der Waals surface area (Å²) in [6.45, 7) is 1.07. The number of nitrogens with one attached hydrogen (secondary N) is 1. The number of nitrogens with zero attached hydrogens (tertiary/aromatic N) is 1. The number of rotatable bonds is 7. The van der Waals surface area contributed by atoms with E-state index in [9.17, 15) is 0 Å². The smallest absolute Gasteiger partial charge is 0.174 e. The van der Waals surface area contributed by atoms with E-state index in [-0.39, 0.29) is 6.04 Å². The van der Waals surface area contributed by atoms with Crippen molar-refractivity contribution in [3.05, 3.63) is 75.8 Å². The fourth-order valence-electron chi connectivity index (χ4n) is 4.07. The quantitative estimate of drug-likeness (QED) is 0.353. The van der Waals surface area contributed by atoms with Crippen molar-refractivity contribution in [3.63, 3.8) is 0 Å². The maximum Gasteiger partial charge on any atom is 0.174 e. The maximum atomic E-state index is 6.20. The second kappa shape index (κ2) is 11.2. The number of halogens is 2. The van der Waals surface area contributed by atoms with Crippen molar-refractivity contribution in [2.24, 2.45) is 0 Å². The number of hydrogen-bond donors (Lipinski definition) is 1. The Morgan fingerprint density at radius 2 is 1.60 bits per heavy atom. The molecule has 1 heterocycles. The van der Waals surface area contributed by atoms with Gasteiger partial charge in [0, 0.05) is 12.2 Å². The Labute approximate surface area is 220 Å². The van der Waals surface area contributed by atoms with Crippen molar-refractivity contribution in [3.8, 4) is 23.0 Å². The molecule has 0 amide bonds. The largest absolute Gasteiger partial charge is 0.497 e. The van der Waals surface area contributed by atoms with E-state index >= 15 is 0 Å². The first-order chi connectivity index (χ1) is 16.9. The molecule has 0 aromatic heterocycles. The van der Waals surface area contributed by atoms with Gasteiger partial charge in [0.1, 0.15) is 18.1 Å². The van der Waals surface area contributed by atoms with E-state index < -0.39 is 0 Å². The van der Waals surface area contributed by atoms with Crippen molar-refractivity contribution < 1.29 is 18.9 Å². The van der Waals surface area contributed by atoms with Gasteiger partial charge in [-0.2, -0.15) is 0 Å². The van der Waals surface area contributed by atoms with Crippen LogP contribution in [-0.2, 0) is 6.42 Å². The van der Waals surface area contributed by atoms with Gasteiger partial charge in [0.2, 0.25) is 0 Å². The SMILES string of the molecule is COc1ccc(OCC2c3cc(OC)c(OC)cc3CCN2C(=S)Nc2ccc(Cl)c(Cl)c2)cc1. The lowest BCUT2D eigenvalue weighted by Crippen LogP contribution is -2.44. The van der Waals surface area contributed by atoms with Crippen molar-refractivity contribution in [2.45, 2.75) is 12.5 Å². The van der Waals surface area contributed by atoms with E-state index in [1.165, 1.54) is 5.56 Å². The second-order valence-corrected chi connectivity index (χ2v) is 9.11. The molecule has 1 atom stereocenters. The molecular weight excluding hydrogens is 507 g/mol. The Balaban J connectivity index is 1.63. The number of methoxy groups -OCH3 is 3. The molecule has 1 aliphatic heterocycles. The van der Waals surface area contributed by atoms with Gasteiger partial charge in [0.15, 0.2) is 16.6 Å². The second-order valence-electron chi connectivity index (χ2n) is 7.91. The molecule has 9 heteroatoms. The lowest BCUT2D eigenvalue weighted by Gasteiger charge is -2.39. The molecule has 6 nitrogen and oxygen atoms in total. The van der Waals surface area contributed by atoms with Crippen LogP contribution in [0.25, 0.3) is 0 Å². The summed E-state index contributed by atoms with van der Waals surface area (Å²) in [7, 11) is 4.90. The number of thiocarbonyl (C=S) groups is 1. The van der Waals surface area contributed by atoms with E-state index in [0.717, 1.165) is 29.2 Å². The monoisotopic (exact) mass is 532 g/mol. The Hall–Kier alpha value is -2.87. The third-order valence-electron chi connectivity index (χ3n) is 5.90. The van der Waals surface area contributed by atoms with Gasteiger partial charge in [-0.1, -0.05) is 23.2 Å². The van der Waals surface area contributed by atoms with Crippen LogP contribution in [0.1, 0.15) is 17.2 Å². The summed E-state index contributed by atoms with van der Waals surface area (Å²) in [4.78, 5) is 2.12. The van der Waals surface area contributed by atoms with Crippen molar-refractivity contribution in [1.29, 1.82) is 0 Å². The van der Waals surface area contributed by atoms with E-state index in [0.29, 0.717) is 39.8 Å². The number of fused-ring (bicyclic) bond motifs is 1.